The van der Waals surface area contributed by atoms with Crippen molar-refractivity contribution in [1.82, 2.24) is 20.5 Å². The van der Waals surface area contributed by atoms with Gasteiger partial charge in [-0.1, -0.05) is 0 Å². The number of hydrogen-bond donors (Lipinski definition) is 3. The molecule has 0 aromatic carbocycles. The average Bonchev–Trinajstić information content (AvgIpc) is 2.50. The summed E-state index contributed by atoms with van der Waals surface area (Å²) in [4.78, 5) is 3.88. The van der Waals surface area contributed by atoms with E-state index in [0.717, 1.165) is 0 Å². The fourth-order valence-electron chi connectivity index (χ4n) is 1.40. The van der Waals surface area contributed by atoms with E-state index in [4.69, 9.17) is 5.73 Å². The Bertz CT molecular complexity index is 425. The Morgan fingerprint density at radius 1 is 1.50 bits per heavy atom. The molecule has 1 aliphatic heterocycles. The number of anilines is 1. The summed E-state index contributed by atoms with van der Waals surface area (Å²) in [6, 6.07) is -0.321. The van der Waals surface area contributed by atoms with Gasteiger partial charge in [-0.25, -0.2) is 8.42 Å². The molecule has 8 heteroatoms. The van der Waals surface area contributed by atoms with E-state index >= 15 is 0 Å². The highest BCUT2D eigenvalue weighted by atomic mass is 32.2. The lowest BCUT2D eigenvalue weighted by atomic mass is 10.3. The molecular formula is C6H11N5O2S. The maximum absolute atomic E-state index is 11.3. The van der Waals surface area contributed by atoms with Gasteiger partial charge in [-0.3, -0.25) is 5.10 Å². The molecule has 78 valence electrons. The van der Waals surface area contributed by atoms with E-state index < -0.39 is 9.84 Å². The Morgan fingerprint density at radius 2 is 2.29 bits per heavy atom. The Labute approximate surface area is 81.0 Å². The SMILES string of the molecule is Nc1n[nH]c(C2CS(=O)(=O)CCN2)n1. The second-order valence-electron chi connectivity index (χ2n) is 3.20. The minimum Gasteiger partial charge on any atom is -0.367 e. The number of hydrogen-bond acceptors (Lipinski definition) is 6. The molecule has 2 rings (SSSR count). The third kappa shape index (κ3) is 1.85. The molecule has 0 spiro atoms. The van der Waals surface area contributed by atoms with E-state index in [1.165, 1.54) is 0 Å². The second kappa shape index (κ2) is 3.21. The Hall–Kier alpha value is -1.15. The lowest BCUT2D eigenvalue weighted by Gasteiger charge is -2.21. The van der Waals surface area contributed by atoms with Gasteiger partial charge in [-0.15, -0.1) is 5.10 Å². The quantitative estimate of drug-likeness (QED) is 0.524. The summed E-state index contributed by atoms with van der Waals surface area (Å²) in [7, 11) is -2.96. The van der Waals surface area contributed by atoms with Crippen LogP contribution in [0.2, 0.25) is 0 Å². The van der Waals surface area contributed by atoms with Gasteiger partial charge in [0.15, 0.2) is 9.84 Å². The third-order valence-corrected chi connectivity index (χ3v) is 3.74. The van der Waals surface area contributed by atoms with E-state index in [1.54, 1.807) is 0 Å². The van der Waals surface area contributed by atoms with E-state index in [0.29, 0.717) is 12.4 Å². The van der Waals surface area contributed by atoms with Crippen LogP contribution >= 0.6 is 0 Å². The van der Waals surface area contributed by atoms with Gasteiger partial charge in [0, 0.05) is 6.54 Å². The van der Waals surface area contributed by atoms with E-state index in [-0.39, 0.29) is 23.5 Å². The fraction of sp³-hybridized carbons (Fsp3) is 0.667. The van der Waals surface area contributed by atoms with Crippen LogP contribution in [0.1, 0.15) is 11.9 Å². The van der Waals surface area contributed by atoms with Crippen molar-refractivity contribution < 1.29 is 8.42 Å². The summed E-state index contributed by atoms with van der Waals surface area (Å²) < 4.78 is 22.6. The van der Waals surface area contributed by atoms with E-state index in [9.17, 15) is 8.42 Å². The first kappa shape index (κ1) is 9.41. The Balaban J connectivity index is 2.20. The molecular weight excluding hydrogens is 206 g/mol. The van der Waals surface area contributed by atoms with Crippen LogP contribution in [0.5, 0.6) is 0 Å². The van der Waals surface area contributed by atoms with Crippen molar-refractivity contribution in [2.24, 2.45) is 0 Å². The summed E-state index contributed by atoms with van der Waals surface area (Å²) in [5.41, 5.74) is 5.32. The summed E-state index contributed by atoms with van der Waals surface area (Å²) in [6.07, 6.45) is 0. The summed E-state index contributed by atoms with van der Waals surface area (Å²) in [5, 5.41) is 9.28. The number of rotatable bonds is 1. The topological polar surface area (TPSA) is 114 Å². The van der Waals surface area contributed by atoms with Crippen LogP contribution in [0.15, 0.2) is 0 Å². The lowest BCUT2D eigenvalue weighted by Crippen LogP contribution is -2.39. The zero-order chi connectivity index (χ0) is 10.2. The molecule has 1 aliphatic rings. The molecule has 1 saturated heterocycles. The normalized spacial score (nSPS) is 26.1. The standard InChI is InChI=1S/C6H11N5O2S/c7-6-9-5(10-11-6)4-3-14(12,13)2-1-8-4/h4,8H,1-3H2,(H3,7,9,10,11). The smallest absolute Gasteiger partial charge is 0.239 e. The van der Waals surface area contributed by atoms with Crippen molar-refractivity contribution in [2.75, 3.05) is 23.8 Å². The van der Waals surface area contributed by atoms with Crippen LogP contribution < -0.4 is 11.1 Å². The molecule has 0 aliphatic carbocycles. The van der Waals surface area contributed by atoms with Crippen LogP contribution in [0.4, 0.5) is 5.95 Å². The highest BCUT2D eigenvalue weighted by Crippen LogP contribution is 2.14. The number of aromatic nitrogens is 3. The molecule has 0 amide bonds. The maximum atomic E-state index is 11.3. The molecule has 1 aromatic heterocycles. The number of nitrogen functional groups attached to an aromatic ring is 1. The first-order valence-electron chi connectivity index (χ1n) is 4.18. The number of aromatic amines is 1. The monoisotopic (exact) mass is 217 g/mol. The first-order chi connectivity index (χ1) is 6.57. The van der Waals surface area contributed by atoms with Gasteiger partial charge < -0.3 is 11.1 Å². The molecule has 0 radical (unpaired) electrons. The number of sulfone groups is 1. The fourth-order valence-corrected chi connectivity index (χ4v) is 2.78. The van der Waals surface area contributed by atoms with Gasteiger partial charge in [-0.2, -0.15) is 4.98 Å². The van der Waals surface area contributed by atoms with Crippen molar-refractivity contribution in [1.29, 1.82) is 0 Å². The summed E-state index contributed by atoms with van der Waals surface area (Å²) >= 11 is 0. The van der Waals surface area contributed by atoms with Crippen LogP contribution in [-0.2, 0) is 9.84 Å². The van der Waals surface area contributed by atoms with Crippen LogP contribution in [-0.4, -0.2) is 41.6 Å². The van der Waals surface area contributed by atoms with Crippen LogP contribution in [0, 0.1) is 0 Å². The lowest BCUT2D eigenvalue weighted by molar-refractivity contribution is 0.516. The van der Waals surface area contributed by atoms with Gasteiger partial charge in [0.25, 0.3) is 0 Å². The van der Waals surface area contributed by atoms with Crippen molar-refractivity contribution >= 4 is 15.8 Å². The minimum atomic E-state index is -2.96. The molecule has 0 bridgehead atoms. The number of nitrogens with two attached hydrogens (primary N) is 1. The third-order valence-electron chi connectivity index (χ3n) is 2.07. The van der Waals surface area contributed by atoms with E-state index in [1.807, 2.05) is 0 Å². The van der Waals surface area contributed by atoms with Gasteiger partial charge in [0.2, 0.25) is 5.95 Å². The zero-order valence-corrected chi connectivity index (χ0v) is 8.21. The van der Waals surface area contributed by atoms with E-state index in [2.05, 4.69) is 20.5 Å². The molecule has 0 saturated carbocycles. The number of nitrogens with one attached hydrogen (secondary N) is 2. The highest BCUT2D eigenvalue weighted by molar-refractivity contribution is 7.91. The molecule has 1 unspecified atom stereocenters. The predicted molar refractivity (Wildman–Crippen MR) is 50.2 cm³/mol. The highest BCUT2D eigenvalue weighted by Gasteiger charge is 2.27. The van der Waals surface area contributed by atoms with Gasteiger partial charge in [-0.05, 0) is 0 Å². The zero-order valence-electron chi connectivity index (χ0n) is 7.40. The van der Waals surface area contributed by atoms with Crippen LogP contribution in [0.25, 0.3) is 0 Å². The average molecular weight is 217 g/mol. The largest absolute Gasteiger partial charge is 0.367 e. The summed E-state index contributed by atoms with van der Waals surface area (Å²) in [6.45, 7) is 0.438. The van der Waals surface area contributed by atoms with Crippen molar-refractivity contribution in [3.8, 4) is 0 Å². The molecule has 1 fully saturated rings. The molecule has 1 aromatic rings. The first-order valence-corrected chi connectivity index (χ1v) is 6.00. The molecule has 2 heterocycles. The van der Waals surface area contributed by atoms with Gasteiger partial charge in [0.1, 0.15) is 5.82 Å². The molecule has 14 heavy (non-hydrogen) atoms. The molecule has 7 nitrogen and oxygen atoms in total. The predicted octanol–water partition coefficient (Wildman–Crippen LogP) is -1.55. The van der Waals surface area contributed by atoms with Gasteiger partial charge >= 0.3 is 0 Å². The van der Waals surface area contributed by atoms with Gasteiger partial charge in [0.05, 0.1) is 17.5 Å². The second-order valence-corrected chi connectivity index (χ2v) is 5.43. The molecule has 4 N–H and O–H groups in total. The van der Waals surface area contributed by atoms with Crippen molar-refractivity contribution in [2.45, 2.75) is 6.04 Å². The summed E-state index contributed by atoms with van der Waals surface area (Å²) in [5.74, 6) is 0.824. The van der Waals surface area contributed by atoms with Crippen LogP contribution in [0.3, 0.4) is 0 Å². The number of H-pyrrole nitrogens is 1. The van der Waals surface area contributed by atoms with Crippen molar-refractivity contribution in [3.63, 3.8) is 0 Å². The maximum Gasteiger partial charge on any atom is 0.239 e. The number of nitrogens with zero attached hydrogens (tertiary/aromatic N) is 2. The Kier molecular flexibility index (Phi) is 2.16. The minimum absolute atomic E-state index is 0.0433. The molecule has 1 atom stereocenters. The Morgan fingerprint density at radius 3 is 2.86 bits per heavy atom. The van der Waals surface area contributed by atoms with Crippen molar-refractivity contribution in [3.05, 3.63) is 5.82 Å².